The van der Waals surface area contributed by atoms with Gasteiger partial charge in [0.2, 0.25) is 5.91 Å². The maximum Gasteiger partial charge on any atom is 0.306 e. The summed E-state index contributed by atoms with van der Waals surface area (Å²) in [5, 5.41) is 23.7. The van der Waals surface area contributed by atoms with Crippen molar-refractivity contribution in [2.45, 2.75) is 238 Å². The zero-order valence-corrected chi connectivity index (χ0v) is 39.1. The highest BCUT2D eigenvalue weighted by atomic mass is 16.5. The van der Waals surface area contributed by atoms with Crippen LogP contribution in [0.25, 0.3) is 0 Å². The Bertz CT molecular complexity index is 1160. The van der Waals surface area contributed by atoms with Crippen molar-refractivity contribution in [3.63, 3.8) is 0 Å². The summed E-state index contributed by atoms with van der Waals surface area (Å²) < 4.78 is 5.87. The molecule has 60 heavy (non-hydrogen) atoms. The molecule has 0 saturated heterocycles. The minimum Gasteiger partial charge on any atom is -0.462 e. The molecular weight excluding hydrogens is 743 g/mol. The Hall–Kier alpha value is -2.96. The summed E-state index contributed by atoms with van der Waals surface area (Å²) in [7, 11) is 0. The minimum atomic E-state index is -0.807. The van der Waals surface area contributed by atoms with Crippen LogP contribution in [-0.2, 0) is 14.3 Å². The van der Waals surface area contributed by atoms with Gasteiger partial charge in [0.1, 0.15) is 6.10 Å². The van der Waals surface area contributed by atoms with Crippen molar-refractivity contribution in [1.29, 1.82) is 0 Å². The molecule has 0 aliphatic rings. The molecule has 0 radical (unpaired) electrons. The van der Waals surface area contributed by atoms with Gasteiger partial charge in [0.25, 0.3) is 0 Å². The van der Waals surface area contributed by atoms with Gasteiger partial charge in [-0.2, -0.15) is 0 Å². The summed E-state index contributed by atoms with van der Waals surface area (Å²) >= 11 is 0. The van der Waals surface area contributed by atoms with Gasteiger partial charge in [-0.25, -0.2) is 0 Å². The lowest BCUT2D eigenvalue weighted by atomic mass is 10.0. The minimum absolute atomic E-state index is 0.0344. The second kappa shape index (κ2) is 47.1. The van der Waals surface area contributed by atoms with Crippen LogP contribution in [0.4, 0.5) is 0 Å². The predicted molar refractivity (Wildman–Crippen MR) is 259 cm³/mol. The SMILES string of the molecule is CC/C=C/C/C=C/C/C=C/C/C=C/C/C=C/CCC(=O)OC(CCCCCCC/C=C/C/C=C/CC)CC(=O)NC(CO)C(O)CCCCCCCCCCCCCCC. The zero-order valence-electron chi connectivity index (χ0n) is 39.1. The predicted octanol–water partition coefficient (Wildman–Crippen LogP) is 14.8. The van der Waals surface area contributed by atoms with E-state index in [0.29, 0.717) is 19.3 Å². The summed E-state index contributed by atoms with van der Waals surface area (Å²) in [4.78, 5) is 26.1. The Morgan fingerprint density at radius 2 is 0.900 bits per heavy atom. The first-order chi connectivity index (χ1) is 29.5. The largest absolute Gasteiger partial charge is 0.462 e. The summed E-state index contributed by atoms with van der Waals surface area (Å²) in [6.07, 6.45) is 60.8. The van der Waals surface area contributed by atoms with Gasteiger partial charge in [-0.3, -0.25) is 9.59 Å². The molecule has 0 bridgehead atoms. The highest BCUT2D eigenvalue weighted by Crippen LogP contribution is 2.17. The molecule has 6 heteroatoms. The van der Waals surface area contributed by atoms with E-state index in [4.69, 9.17) is 4.74 Å². The fourth-order valence-corrected chi connectivity index (χ4v) is 7.05. The molecule has 0 aliphatic heterocycles. The number of rotatable bonds is 43. The molecule has 0 fully saturated rings. The van der Waals surface area contributed by atoms with Gasteiger partial charge in [0, 0.05) is 6.42 Å². The topological polar surface area (TPSA) is 95.9 Å². The van der Waals surface area contributed by atoms with E-state index in [1.807, 2.05) is 6.08 Å². The van der Waals surface area contributed by atoms with Gasteiger partial charge in [0.05, 0.1) is 25.2 Å². The molecule has 344 valence electrons. The second-order valence-electron chi connectivity index (χ2n) is 16.4. The fourth-order valence-electron chi connectivity index (χ4n) is 7.05. The van der Waals surface area contributed by atoms with Crippen LogP contribution in [0.1, 0.15) is 220 Å². The molecule has 3 unspecified atom stereocenters. The first kappa shape index (κ1) is 57.0. The maximum absolute atomic E-state index is 13.2. The standard InChI is InChI=1S/C54H93NO5/c1-4-7-10-13-16-19-22-25-26-27-29-32-35-38-41-44-47-54(59)60-50(45-42-39-36-33-30-24-21-18-15-12-9-6-3)48-53(58)55-51(49-56)52(57)46-43-40-37-34-31-28-23-20-17-14-11-8-5-2/h7,9-10,12,16,18-19,21,25-26,29,32,38,41,50-52,56-57H,4-6,8,11,13-15,17,20,22-24,27-28,30-31,33-37,39-40,42-49H2,1-3H3,(H,55,58)/b10-7+,12-9+,19-16+,21-18+,26-25+,32-29+,41-38+. The third kappa shape index (κ3) is 41.8. The van der Waals surface area contributed by atoms with E-state index in [2.05, 4.69) is 105 Å². The van der Waals surface area contributed by atoms with Crippen molar-refractivity contribution in [3.8, 4) is 0 Å². The normalized spacial score (nSPS) is 14.0. The molecule has 0 aliphatic carbocycles. The number of aliphatic hydroxyl groups excluding tert-OH is 2. The lowest BCUT2D eigenvalue weighted by molar-refractivity contribution is -0.150. The first-order valence-corrected chi connectivity index (χ1v) is 24.8. The number of unbranched alkanes of at least 4 members (excludes halogenated alkanes) is 17. The molecule has 0 aromatic carbocycles. The van der Waals surface area contributed by atoms with Crippen molar-refractivity contribution < 1.29 is 24.5 Å². The first-order valence-electron chi connectivity index (χ1n) is 24.8. The third-order valence-corrected chi connectivity index (χ3v) is 10.7. The summed E-state index contributed by atoms with van der Waals surface area (Å²) in [6, 6.07) is -0.724. The molecule has 0 aromatic rings. The average Bonchev–Trinajstić information content (AvgIpc) is 3.24. The van der Waals surface area contributed by atoms with Crippen molar-refractivity contribution >= 4 is 11.9 Å². The van der Waals surface area contributed by atoms with Gasteiger partial charge in [-0.05, 0) is 83.5 Å². The Kier molecular flexibility index (Phi) is 44.8. The maximum atomic E-state index is 13.2. The van der Waals surface area contributed by atoms with Crippen molar-refractivity contribution in [2.75, 3.05) is 6.61 Å². The molecule has 3 N–H and O–H groups in total. The van der Waals surface area contributed by atoms with Crippen LogP contribution in [0.3, 0.4) is 0 Å². The highest BCUT2D eigenvalue weighted by Gasteiger charge is 2.24. The average molecular weight is 836 g/mol. The van der Waals surface area contributed by atoms with E-state index >= 15 is 0 Å². The van der Waals surface area contributed by atoms with E-state index in [9.17, 15) is 19.8 Å². The number of allylic oxidation sites excluding steroid dienone is 14. The number of nitrogens with one attached hydrogen (secondary N) is 1. The Balaban J connectivity index is 4.70. The summed E-state index contributed by atoms with van der Waals surface area (Å²) in [6.45, 7) is 6.23. The lowest BCUT2D eigenvalue weighted by Gasteiger charge is -2.24. The van der Waals surface area contributed by atoms with Crippen LogP contribution in [-0.4, -0.2) is 46.9 Å². The number of amides is 1. The van der Waals surface area contributed by atoms with E-state index in [0.717, 1.165) is 103 Å². The monoisotopic (exact) mass is 836 g/mol. The molecular formula is C54H93NO5. The van der Waals surface area contributed by atoms with E-state index in [1.54, 1.807) is 0 Å². The highest BCUT2D eigenvalue weighted by molar-refractivity contribution is 5.77. The van der Waals surface area contributed by atoms with Gasteiger partial charge >= 0.3 is 5.97 Å². The molecule has 0 heterocycles. The zero-order chi connectivity index (χ0) is 43.8. The fraction of sp³-hybridized carbons (Fsp3) is 0.704. The molecule has 0 spiro atoms. The van der Waals surface area contributed by atoms with Gasteiger partial charge in [-0.15, -0.1) is 0 Å². The van der Waals surface area contributed by atoms with E-state index in [1.165, 1.54) is 64.2 Å². The van der Waals surface area contributed by atoms with Crippen molar-refractivity contribution in [2.24, 2.45) is 0 Å². The number of hydrogen-bond donors (Lipinski definition) is 3. The van der Waals surface area contributed by atoms with Crippen molar-refractivity contribution in [1.82, 2.24) is 5.32 Å². The molecule has 0 rings (SSSR count). The van der Waals surface area contributed by atoms with Gasteiger partial charge < -0.3 is 20.3 Å². The van der Waals surface area contributed by atoms with Crippen LogP contribution in [0, 0.1) is 0 Å². The van der Waals surface area contributed by atoms with Crippen LogP contribution in [0.5, 0.6) is 0 Å². The molecule has 6 nitrogen and oxygen atoms in total. The number of esters is 1. The number of aliphatic hydroxyl groups is 2. The van der Waals surface area contributed by atoms with Gasteiger partial charge in [-0.1, -0.05) is 209 Å². The number of carbonyl (C=O) groups is 2. The number of carbonyl (C=O) groups excluding carboxylic acids is 2. The quantitative estimate of drug-likeness (QED) is 0.0323. The molecule has 3 atom stereocenters. The Morgan fingerprint density at radius 3 is 1.37 bits per heavy atom. The summed E-state index contributed by atoms with van der Waals surface area (Å²) in [5.74, 6) is -0.593. The Morgan fingerprint density at radius 1 is 0.500 bits per heavy atom. The Labute approximate surface area is 370 Å². The van der Waals surface area contributed by atoms with E-state index < -0.39 is 18.2 Å². The molecule has 0 aromatic heterocycles. The molecule has 0 saturated carbocycles. The van der Waals surface area contributed by atoms with Crippen LogP contribution < -0.4 is 5.32 Å². The number of hydrogen-bond acceptors (Lipinski definition) is 5. The molecule has 1 amide bonds. The van der Waals surface area contributed by atoms with Crippen LogP contribution in [0.15, 0.2) is 85.1 Å². The van der Waals surface area contributed by atoms with Crippen LogP contribution >= 0.6 is 0 Å². The van der Waals surface area contributed by atoms with E-state index in [-0.39, 0.29) is 31.3 Å². The van der Waals surface area contributed by atoms with Crippen molar-refractivity contribution in [3.05, 3.63) is 85.1 Å². The lowest BCUT2D eigenvalue weighted by Crippen LogP contribution is -2.46. The van der Waals surface area contributed by atoms with Gasteiger partial charge in [0.15, 0.2) is 0 Å². The van der Waals surface area contributed by atoms with Crippen LogP contribution in [0.2, 0.25) is 0 Å². The second-order valence-corrected chi connectivity index (χ2v) is 16.4. The smallest absolute Gasteiger partial charge is 0.306 e. The third-order valence-electron chi connectivity index (χ3n) is 10.7. The number of ether oxygens (including phenoxy) is 1. The summed E-state index contributed by atoms with van der Waals surface area (Å²) in [5.41, 5.74) is 0.